The minimum absolute atomic E-state index is 0.0864. The zero-order valence-corrected chi connectivity index (χ0v) is 12.7. The second-order valence-corrected chi connectivity index (χ2v) is 5.98. The molecule has 2 aliphatic rings. The van der Waals surface area contributed by atoms with Gasteiger partial charge in [-0.1, -0.05) is 18.2 Å². The quantitative estimate of drug-likeness (QED) is 0.633. The molecule has 2 aromatic rings. The number of carbonyl (C=O) groups is 3. The first-order valence-electron chi connectivity index (χ1n) is 7.64. The third-order valence-electron chi connectivity index (χ3n) is 4.93. The van der Waals surface area contributed by atoms with E-state index in [0.717, 1.165) is 16.5 Å². The molecule has 0 fully saturated rings. The van der Waals surface area contributed by atoms with Gasteiger partial charge >= 0.3 is 5.97 Å². The average Bonchev–Trinajstić information content (AvgIpc) is 2.82. The van der Waals surface area contributed by atoms with Gasteiger partial charge in [0.1, 0.15) is 0 Å². The molecule has 0 spiro atoms. The third kappa shape index (κ3) is 1.60. The van der Waals surface area contributed by atoms with Crippen molar-refractivity contribution in [1.29, 1.82) is 0 Å². The Labute approximate surface area is 132 Å². The number of fused-ring (bicyclic) bond motifs is 3. The van der Waals surface area contributed by atoms with Crippen LogP contribution in [0.1, 0.15) is 28.9 Å². The van der Waals surface area contributed by atoms with Gasteiger partial charge in [0.25, 0.3) is 0 Å². The molecule has 3 heterocycles. The molecular weight excluding hydrogens is 296 g/mol. The van der Waals surface area contributed by atoms with Gasteiger partial charge in [-0.3, -0.25) is 19.0 Å². The van der Waals surface area contributed by atoms with E-state index >= 15 is 0 Å². The summed E-state index contributed by atoms with van der Waals surface area (Å²) in [5.41, 5.74) is 0.701. The van der Waals surface area contributed by atoms with Crippen molar-refractivity contribution in [2.45, 2.75) is 24.7 Å². The van der Waals surface area contributed by atoms with Crippen molar-refractivity contribution in [2.75, 3.05) is 13.7 Å². The summed E-state index contributed by atoms with van der Waals surface area (Å²) in [5.74, 6) is -1.06. The Morgan fingerprint density at radius 1 is 1.26 bits per heavy atom. The zero-order valence-electron chi connectivity index (χ0n) is 12.7. The molecule has 1 aromatic heterocycles. The van der Waals surface area contributed by atoms with Crippen LogP contribution in [0.4, 0.5) is 0 Å². The van der Waals surface area contributed by atoms with Gasteiger partial charge in [-0.25, -0.2) is 0 Å². The maximum atomic E-state index is 12.8. The number of rotatable bonds is 1. The number of nitrogens with zero attached hydrogens (tertiary/aromatic N) is 1. The topological polar surface area (TPSA) is 77.4 Å². The molecule has 0 radical (unpaired) electrons. The standard InChI is InChI=1S/C17H16N2O4/c1-23-16(22)17-8-6-13(20)19-12-5-3-2-4-10(12)11(14(17)19)7-9-18-15(17)21/h2-5H,6-9H2,1H3,(H,18,21)/t17-/m0/s1. The minimum Gasteiger partial charge on any atom is -0.468 e. The summed E-state index contributed by atoms with van der Waals surface area (Å²) in [5, 5.41) is 3.73. The predicted octanol–water partition coefficient (Wildman–Crippen LogP) is 1.16. The highest BCUT2D eigenvalue weighted by molar-refractivity contribution is 6.13. The van der Waals surface area contributed by atoms with Crippen LogP contribution in [0.5, 0.6) is 0 Å². The number of benzene rings is 1. The van der Waals surface area contributed by atoms with E-state index < -0.39 is 11.4 Å². The first-order chi connectivity index (χ1) is 11.1. The lowest BCUT2D eigenvalue weighted by atomic mass is 9.75. The van der Waals surface area contributed by atoms with Crippen molar-refractivity contribution in [2.24, 2.45) is 0 Å². The second-order valence-electron chi connectivity index (χ2n) is 5.98. The fourth-order valence-electron chi connectivity index (χ4n) is 3.93. The SMILES string of the molecule is COC(=O)[C@@]12CCC(=O)n3c1c(c1ccccc13)CCNC2=O. The summed E-state index contributed by atoms with van der Waals surface area (Å²) in [7, 11) is 1.28. The summed E-state index contributed by atoms with van der Waals surface area (Å²) in [4.78, 5) is 37.9. The lowest BCUT2D eigenvalue weighted by Gasteiger charge is -2.33. The Hall–Kier alpha value is -2.63. The Morgan fingerprint density at radius 3 is 2.83 bits per heavy atom. The van der Waals surface area contributed by atoms with Crippen molar-refractivity contribution in [3.63, 3.8) is 0 Å². The van der Waals surface area contributed by atoms with Crippen LogP contribution in [0, 0.1) is 0 Å². The molecule has 0 saturated heterocycles. The molecule has 23 heavy (non-hydrogen) atoms. The molecule has 1 N–H and O–H groups in total. The molecule has 2 aliphatic heterocycles. The Bertz CT molecular complexity index is 867. The summed E-state index contributed by atoms with van der Waals surface area (Å²) >= 11 is 0. The number of aromatic nitrogens is 1. The van der Waals surface area contributed by atoms with E-state index in [4.69, 9.17) is 4.74 Å². The highest BCUT2D eigenvalue weighted by Crippen LogP contribution is 2.43. The summed E-state index contributed by atoms with van der Waals surface area (Å²) in [6.45, 7) is 0.437. The van der Waals surface area contributed by atoms with E-state index in [1.54, 1.807) is 4.57 Å². The monoisotopic (exact) mass is 312 g/mol. The van der Waals surface area contributed by atoms with E-state index in [1.165, 1.54) is 7.11 Å². The van der Waals surface area contributed by atoms with E-state index in [2.05, 4.69) is 5.32 Å². The maximum absolute atomic E-state index is 12.8. The number of amides is 1. The van der Waals surface area contributed by atoms with E-state index in [9.17, 15) is 14.4 Å². The molecule has 1 atom stereocenters. The van der Waals surface area contributed by atoms with E-state index in [0.29, 0.717) is 18.7 Å². The normalized spacial score (nSPS) is 23.2. The first-order valence-corrected chi connectivity index (χ1v) is 7.64. The third-order valence-corrected chi connectivity index (χ3v) is 4.93. The van der Waals surface area contributed by atoms with Crippen LogP contribution in [0.15, 0.2) is 24.3 Å². The van der Waals surface area contributed by atoms with Crippen molar-refractivity contribution < 1.29 is 19.1 Å². The summed E-state index contributed by atoms with van der Waals surface area (Å²) in [6, 6.07) is 7.54. The molecule has 0 saturated carbocycles. The van der Waals surface area contributed by atoms with Crippen molar-refractivity contribution in [3.05, 3.63) is 35.5 Å². The molecule has 1 amide bonds. The Kier molecular flexibility index (Phi) is 2.85. The van der Waals surface area contributed by atoms with Gasteiger partial charge in [-0.15, -0.1) is 0 Å². The second kappa shape index (κ2) is 4.68. The highest BCUT2D eigenvalue weighted by atomic mass is 16.5. The number of esters is 1. The van der Waals surface area contributed by atoms with Gasteiger partial charge in [0, 0.05) is 18.4 Å². The largest absolute Gasteiger partial charge is 0.468 e. The van der Waals surface area contributed by atoms with Crippen LogP contribution in [-0.4, -0.2) is 36.0 Å². The van der Waals surface area contributed by atoms with Crippen LogP contribution in [0.3, 0.4) is 0 Å². The number of carbonyl (C=O) groups excluding carboxylic acids is 3. The van der Waals surface area contributed by atoms with Gasteiger partial charge in [0.2, 0.25) is 11.8 Å². The Balaban J connectivity index is 2.18. The molecule has 0 aliphatic carbocycles. The Morgan fingerprint density at radius 2 is 2.04 bits per heavy atom. The van der Waals surface area contributed by atoms with E-state index in [-0.39, 0.29) is 24.7 Å². The van der Waals surface area contributed by atoms with Crippen molar-refractivity contribution in [1.82, 2.24) is 9.88 Å². The molecule has 0 unspecified atom stereocenters. The van der Waals surface area contributed by atoms with Gasteiger partial charge in [0.05, 0.1) is 18.3 Å². The zero-order chi connectivity index (χ0) is 16.2. The number of para-hydroxylation sites is 1. The molecule has 6 nitrogen and oxygen atoms in total. The highest BCUT2D eigenvalue weighted by Gasteiger charge is 2.56. The molecule has 4 rings (SSSR count). The van der Waals surface area contributed by atoms with Crippen LogP contribution in [0.25, 0.3) is 10.9 Å². The van der Waals surface area contributed by atoms with Gasteiger partial charge in [0.15, 0.2) is 5.41 Å². The number of hydrogen-bond acceptors (Lipinski definition) is 4. The number of nitrogens with one attached hydrogen (secondary N) is 1. The molecule has 118 valence electrons. The average molecular weight is 312 g/mol. The van der Waals surface area contributed by atoms with Crippen molar-refractivity contribution >= 4 is 28.7 Å². The summed E-state index contributed by atoms with van der Waals surface area (Å²) < 4.78 is 6.51. The smallest absolute Gasteiger partial charge is 0.327 e. The minimum atomic E-state index is -1.44. The lowest BCUT2D eigenvalue weighted by Crippen LogP contribution is -2.53. The van der Waals surface area contributed by atoms with Crippen LogP contribution in [-0.2, 0) is 26.2 Å². The summed E-state index contributed by atoms with van der Waals surface area (Å²) in [6.07, 6.45) is 0.863. The van der Waals surface area contributed by atoms with Crippen LogP contribution >= 0.6 is 0 Å². The van der Waals surface area contributed by atoms with Gasteiger partial charge in [-0.05, 0) is 24.5 Å². The fourth-order valence-corrected chi connectivity index (χ4v) is 3.93. The van der Waals surface area contributed by atoms with Crippen molar-refractivity contribution in [3.8, 4) is 0 Å². The van der Waals surface area contributed by atoms with Gasteiger partial charge in [-0.2, -0.15) is 0 Å². The first kappa shape index (κ1) is 14.0. The maximum Gasteiger partial charge on any atom is 0.327 e. The van der Waals surface area contributed by atoms with Crippen LogP contribution < -0.4 is 5.32 Å². The fraction of sp³-hybridized carbons (Fsp3) is 0.353. The molecular formula is C17H16N2O4. The predicted molar refractivity (Wildman–Crippen MR) is 82.2 cm³/mol. The molecule has 6 heteroatoms. The van der Waals surface area contributed by atoms with E-state index in [1.807, 2.05) is 24.3 Å². The lowest BCUT2D eigenvalue weighted by molar-refractivity contribution is -0.153. The number of methoxy groups -OCH3 is 1. The number of hydrogen-bond donors (Lipinski definition) is 1. The van der Waals surface area contributed by atoms with Crippen LogP contribution in [0.2, 0.25) is 0 Å². The molecule has 1 aromatic carbocycles. The number of ether oxygens (including phenoxy) is 1. The van der Waals surface area contributed by atoms with Gasteiger partial charge < -0.3 is 10.1 Å². The molecule has 0 bridgehead atoms.